The summed E-state index contributed by atoms with van der Waals surface area (Å²) >= 11 is 0. The van der Waals surface area contributed by atoms with Crippen molar-refractivity contribution in [3.05, 3.63) is 29.1 Å². The molecule has 3 nitrogen and oxygen atoms in total. The van der Waals surface area contributed by atoms with Crippen molar-refractivity contribution in [1.82, 2.24) is 0 Å². The number of phenols is 1. The molecule has 0 unspecified atom stereocenters. The second-order valence-electron chi connectivity index (χ2n) is 3.70. The van der Waals surface area contributed by atoms with Gasteiger partial charge in [-0.3, -0.25) is 0 Å². The fourth-order valence-electron chi connectivity index (χ4n) is 1.54. The van der Waals surface area contributed by atoms with E-state index in [0.29, 0.717) is 24.1 Å². The smallest absolute Gasteiger partial charge is 0.124 e. The van der Waals surface area contributed by atoms with Crippen LogP contribution in [0, 0.1) is 12.7 Å². The SMILES string of the molecule is Cc1cc(F)cc([C@H](N)CCCN)c1O.Cl. The summed E-state index contributed by atoms with van der Waals surface area (Å²) in [5.74, 6) is -0.288. The van der Waals surface area contributed by atoms with Crippen LogP contribution >= 0.6 is 12.4 Å². The van der Waals surface area contributed by atoms with Crippen molar-refractivity contribution in [1.29, 1.82) is 0 Å². The van der Waals surface area contributed by atoms with Gasteiger partial charge in [0.2, 0.25) is 0 Å². The number of rotatable bonds is 4. The molecular formula is C11H18ClFN2O. The second kappa shape index (κ2) is 6.68. The quantitative estimate of drug-likeness (QED) is 0.763. The Hall–Kier alpha value is -0.840. The van der Waals surface area contributed by atoms with Crippen LogP contribution in [0.25, 0.3) is 0 Å². The summed E-state index contributed by atoms with van der Waals surface area (Å²) in [5.41, 5.74) is 12.2. The predicted molar refractivity (Wildman–Crippen MR) is 65.3 cm³/mol. The molecule has 0 aliphatic carbocycles. The van der Waals surface area contributed by atoms with Crippen LogP contribution in [0.5, 0.6) is 5.75 Å². The van der Waals surface area contributed by atoms with Crippen LogP contribution in [0.3, 0.4) is 0 Å². The van der Waals surface area contributed by atoms with Crippen LogP contribution < -0.4 is 11.5 Å². The topological polar surface area (TPSA) is 72.3 Å². The van der Waals surface area contributed by atoms with E-state index in [4.69, 9.17) is 11.5 Å². The lowest BCUT2D eigenvalue weighted by Gasteiger charge is -2.14. The van der Waals surface area contributed by atoms with Crippen LogP contribution in [-0.2, 0) is 0 Å². The zero-order valence-electron chi connectivity index (χ0n) is 9.24. The van der Waals surface area contributed by atoms with E-state index in [0.717, 1.165) is 6.42 Å². The highest BCUT2D eigenvalue weighted by atomic mass is 35.5. The minimum atomic E-state index is -0.372. The van der Waals surface area contributed by atoms with Crippen LogP contribution in [0.1, 0.15) is 30.0 Å². The van der Waals surface area contributed by atoms with Crippen molar-refractivity contribution in [2.45, 2.75) is 25.8 Å². The molecule has 0 radical (unpaired) electrons. The van der Waals surface area contributed by atoms with Crippen LogP contribution in [0.2, 0.25) is 0 Å². The minimum absolute atomic E-state index is 0. The number of benzene rings is 1. The fourth-order valence-corrected chi connectivity index (χ4v) is 1.54. The third kappa shape index (κ3) is 3.63. The molecule has 5 heteroatoms. The van der Waals surface area contributed by atoms with E-state index in [1.807, 2.05) is 0 Å². The van der Waals surface area contributed by atoms with Gasteiger partial charge in [0.15, 0.2) is 0 Å². The Morgan fingerprint density at radius 3 is 2.62 bits per heavy atom. The zero-order chi connectivity index (χ0) is 11.4. The van der Waals surface area contributed by atoms with Crippen molar-refractivity contribution in [2.24, 2.45) is 11.5 Å². The average molecular weight is 249 g/mol. The Balaban J connectivity index is 0.00000225. The summed E-state index contributed by atoms with van der Waals surface area (Å²) in [6, 6.07) is 2.21. The first-order valence-electron chi connectivity index (χ1n) is 5.01. The van der Waals surface area contributed by atoms with Crippen molar-refractivity contribution < 1.29 is 9.50 Å². The van der Waals surface area contributed by atoms with E-state index < -0.39 is 0 Å². The molecule has 16 heavy (non-hydrogen) atoms. The lowest BCUT2D eigenvalue weighted by atomic mass is 9.99. The third-order valence-electron chi connectivity index (χ3n) is 2.41. The molecule has 0 bridgehead atoms. The Morgan fingerprint density at radius 2 is 2.06 bits per heavy atom. The first-order valence-corrected chi connectivity index (χ1v) is 5.01. The second-order valence-corrected chi connectivity index (χ2v) is 3.70. The molecule has 0 aromatic heterocycles. The highest BCUT2D eigenvalue weighted by molar-refractivity contribution is 5.85. The van der Waals surface area contributed by atoms with Crippen molar-refractivity contribution in [2.75, 3.05) is 6.54 Å². The standard InChI is InChI=1S/C11H17FN2O.ClH/c1-7-5-8(12)6-9(11(7)15)10(14)3-2-4-13;/h5-6,10,15H,2-4,13-14H2,1H3;1H/t10-;/m1./s1. The Bertz CT molecular complexity index is 347. The van der Waals surface area contributed by atoms with Gasteiger partial charge >= 0.3 is 0 Å². The lowest BCUT2D eigenvalue weighted by molar-refractivity contribution is 0.450. The van der Waals surface area contributed by atoms with E-state index in [-0.39, 0.29) is 30.0 Å². The maximum atomic E-state index is 13.1. The van der Waals surface area contributed by atoms with E-state index in [1.165, 1.54) is 12.1 Å². The highest BCUT2D eigenvalue weighted by Crippen LogP contribution is 2.29. The van der Waals surface area contributed by atoms with Gasteiger partial charge in [-0.05, 0) is 44.0 Å². The minimum Gasteiger partial charge on any atom is -0.507 e. The van der Waals surface area contributed by atoms with Gasteiger partial charge in [0.1, 0.15) is 11.6 Å². The maximum absolute atomic E-state index is 13.1. The van der Waals surface area contributed by atoms with E-state index >= 15 is 0 Å². The van der Waals surface area contributed by atoms with Gasteiger partial charge in [-0.15, -0.1) is 12.4 Å². The molecule has 0 heterocycles. The number of aromatic hydroxyl groups is 1. The maximum Gasteiger partial charge on any atom is 0.124 e. The van der Waals surface area contributed by atoms with Crippen molar-refractivity contribution in [3.63, 3.8) is 0 Å². The molecular weight excluding hydrogens is 231 g/mol. The average Bonchev–Trinajstić information content (AvgIpc) is 2.19. The molecule has 0 aliphatic heterocycles. The van der Waals surface area contributed by atoms with Gasteiger partial charge in [-0.2, -0.15) is 0 Å². The molecule has 0 saturated heterocycles. The van der Waals surface area contributed by atoms with Gasteiger partial charge < -0.3 is 16.6 Å². The Labute approximate surface area is 101 Å². The highest BCUT2D eigenvalue weighted by Gasteiger charge is 2.13. The zero-order valence-corrected chi connectivity index (χ0v) is 10.1. The number of halogens is 2. The summed E-state index contributed by atoms with van der Waals surface area (Å²) in [4.78, 5) is 0. The van der Waals surface area contributed by atoms with Gasteiger partial charge in [-0.1, -0.05) is 0 Å². The number of hydrogen-bond donors (Lipinski definition) is 3. The number of aryl methyl sites for hydroxylation is 1. The summed E-state index contributed by atoms with van der Waals surface area (Å²) in [7, 11) is 0. The first-order chi connectivity index (χ1) is 7.06. The summed E-state index contributed by atoms with van der Waals surface area (Å²) in [6.45, 7) is 2.19. The molecule has 92 valence electrons. The summed E-state index contributed by atoms with van der Waals surface area (Å²) < 4.78 is 13.1. The molecule has 0 saturated carbocycles. The molecule has 0 aliphatic rings. The molecule has 1 aromatic carbocycles. The Kier molecular flexibility index (Phi) is 6.33. The number of nitrogens with two attached hydrogens (primary N) is 2. The molecule has 1 rings (SSSR count). The van der Waals surface area contributed by atoms with Crippen LogP contribution in [0.15, 0.2) is 12.1 Å². The third-order valence-corrected chi connectivity index (χ3v) is 2.41. The van der Waals surface area contributed by atoms with Gasteiger partial charge in [0, 0.05) is 11.6 Å². The molecule has 0 amide bonds. The van der Waals surface area contributed by atoms with Crippen LogP contribution in [0.4, 0.5) is 4.39 Å². The molecule has 0 spiro atoms. The normalized spacial score (nSPS) is 12.0. The Morgan fingerprint density at radius 1 is 1.44 bits per heavy atom. The van der Waals surface area contributed by atoms with Gasteiger partial charge in [0.25, 0.3) is 0 Å². The fraction of sp³-hybridized carbons (Fsp3) is 0.455. The molecule has 0 fully saturated rings. The van der Waals surface area contributed by atoms with Gasteiger partial charge in [0.05, 0.1) is 0 Å². The van der Waals surface area contributed by atoms with E-state index in [1.54, 1.807) is 6.92 Å². The van der Waals surface area contributed by atoms with E-state index in [2.05, 4.69) is 0 Å². The number of hydrogen-bond acceptors (Lipinski definition) is 3. The van der Waals surface area contributed by atoms with Crippen molar-refractivity contribution in [3.8, 4) is 5.75 Å². The number of phenolic OH excluding ortho intramolecular Hbond substituents is 1. The van der Waals surface area contributed by atoms with Crippen molar-refractivity contribution >= 4 is 12.4 Å². The lowest BCUT2D eigenvalue weighted by Crippen LogP contribution is -2.13. The van der Waals surface area contributed by atoms with Crippen LogP contribution in [-0.4, -0.2) is 11.7 Å². The van der Waals surface area contributed by atoms with Gasteiger partial charge in [-0.25, -0.2) is 4.39 Å². The monoisotopic (exact) mass is 248 g/mol. The summed E-state index contributed by atoms with van der Waals surface area (Å²) in [6.07, 6.45) is 1.41. The first kappa shape index (κ1) is 15.2. The summed E-state index contributed by atoms with van der Waals surface area (Å²) in [5, 5.41) is 9.71. The predicted octanol–water partition coefficient (Wildman–Crippen LogP) is 2.00. The van der Waals surface area contributed by atoms with E-state index in [9.17, 15) is 9.50 Å². The molecule has 1 atom stereocenters. The molecule has 5 N–H and O–H groups in total. The largest absolute Gasteiger partial charge is 0.507 e. The molecule has 1 aromatic rings.